The molecule has 0 spiro atoms. The highest BCUT2D eigenvalue weighted by atomic mass is 35.5. The van der Waals surface area contributed by atoms with Crippen LogP contribution in [0.3, 0.4) is 0 Å². The third kappa shape index (κ3) is 4.59. The van der Waals surface area contributed by atoms with Crippen molar-refractivity contribution < 1.29 is 4.79 Å². The predicted molar refractivity (Wildman–Crippen MR) is 87.8 cm³/mol. The summed E-state index contributed by atoms with van der Waals surface area (Å²) in [6.07, 6.45) is 0. The van der Waals surface area contributed by atoms with Crippen LogP contribution >= 0.6 is 11.6 Å². The summed E-state index contributed by atoms with van der Waals surface area (Å²) in [6, 6.07) is 15.2. The lowest BCUT2D eigenvalue weighted by Crippen LogP contribution is -2.13. The molecule has 0 aliphatic carbocycles. The number of alkyl halides is 1. The number of carbonyl (C=O) groups excluding carboxylic acids is 1. The van der Waals surface area contributed by atoms with E-state index in [2.05, 4.69) is 10.2 Å². The number of rotatable bonds is 5. The summed E-state index contributed by atoms with van der Waals surface area (Å²) in [7, 11) is 4.04. The highest BCUT2D eigenvalue weighted by molar-refractivity contribution is 6.17. The Morgan fingerprint density at radius 2 is 1.81 bits per heavy atom. The zero-order valence-corrected chi connectivity index (χ0v) is 13.0. The van der Waals surface area contributed by atoms with Crippen LogP contribution in [0.4, 0.5) is 5.69 Å². The number of halogens is 1. The van der Waals surface area contributed by atoms with Gasteiger partial charge in [-0.15, -0.1) is 11.6 Å². The van der Waals surface area contributed by atoms with E-state index < -0.39 is 0 Å². The van der Waals surface area contributed by atoms with E-state index in [0.717, 1.165) is 23.4 Å². The topological polar surface area (TPSA) is 32.3 Å². The fourth-order valence-electron chi connectivity index (χ4n) is 2.06. The van der Waals surface area contributed by atoms with E-state index in [0.29, 0.717) is 11.4 Å². The van der Waals surface area contributed by atoms with E-state index in [1.165, 1.54) is 0 Å². The summed E-state index contributed by atoms with van der Waals surface area (Å²) >= 11 is 5.74. The number of nitrogens with zero attached hydrogens (tertiary/aromatic N) is 1. The zero-order chi connectivity index (χ0) is 15.2. The Morgan fingerprint density at radius 1 is 1.10 bits per heavy atom. The largest absolute Gasteiger partial charge is 0.322 e. The number of hydrogen-bond donors (Lipinski definition) is 1. The second-order valence-corrected chi connectivity index (χ2v) is 5.49. The predicted octanol–water partition coefficient (Wildman–Crippen LogP) is 3.74. The average Bonchev–Trinajstić information content (AvgIpc) is 2.47. The standard InChI is InChI=1S/C17H19ClN2O/c1-20(2)12-14-4-3-5-16(10-14)19-17(21)15-8-6-13(11-18)7-9-15/h3-10H,11-12H2,1-2H3,(H,19,21). The van der Waals surface area contributed by atoms with Gasteiger partial charge in [0.25, 0.3) is 5.91 Å². The maximum atomic E-state index is 12.2. The van der Waals surface area contributed by atoms with E-state index in [-0.39, 0.29) is 5.91 Å². The van der Waals surface area contributed by atoms with Crippen LogP contribution in [0.1, 0.15) is 21.5 Å². The van der Waals surface area contributed by atoms with Crippen molar-refractivity contribution in [2.24, 2.45) is 0 Å². The van der Waals surface area contributed by atoms with Crippen LogP contribution in [-0.4, -0.2) is 24.9 Å². The Morgan fingerprint density at radius 3 is 2.43 bits per heavy atom. The van der Waals surface area contributed by atoms with E-state index in [4.69, 9.17) is 11.6 Å². The fraction of sp³-hybridized carbons (Fsp3) is 0.235. The van der Waals surface area contributed by atoms with E-state index in [1.807, 2.05) is 50.5 Å². The molecule has 0 saturated carbocycles. The molecule has 21 heavy (non-hydrogen) atoms. The van der Waals surface area contributed by atoms with Crippen molar-refractivity contribution in [1.82, 2.24) is 4.90 Å². The Hall–Kier alpha value is -1.84. The maximum Gasteiger partial charge on any atom is 0.255 e. The fourth-order valence-corrected chi connectivity index (χ4v) is 2.24. The third-order valence-electron chi connectivity index (χ3n) is 3.05. The molecule has 1 N–H and O–H groups in total. The zero-order valence-electron chi connectivity index (χ0n) is 12.3. The summed E-state index contributed by atoms with van der Waals surface area (Å²) in [5.41, 5.74) is 3.60. The normalized spacial score (nSPS) is 10.7. The number of amides is 1. The summed E-state index contributed by atoms with van der Waals surface area (Å²) in [6.45, 7) is 0.841. The molecular weight excluding hydrogens is 284 g/mol. The monoisotopic (exact) mass is 302 g/mol. The highest BCUT2D eigenvalue weighted by Gasteiger charge is 2.06. The first-order valence-corrected chi connectivity index (χ1v) is 7.32. The van der Waals surface area contributed by atoms with Gasteiger partial charge in [-0.05, 0) is 49.5 Å². The Bertz CT molecular complexity index is 608. The summed E-state index contributed by atoms with van der Waals surface area (Å²) in [4.78, 5) is 14.3. The van der Waals surface area contributed by atoms with Crippen LogP contribution in [0.2, 0.25) is 0 Å². The smallest absolute Gasteiger partial charge is 0.255 e. The van der Waals surface area contributed by atoms with Gasteiger partial charge < -0.3 is 10.2 Å². The van der Waals surface area contributed by atoms with Gasteiger partial charge in [-0.25, -0.2) is 0 Å². The summed E-state index contributed by atoms with van der Waals surface area (Å²) in [5.74, 6) is 0.340. The number of hydrogen-bond acceptors (Lipinski definition) is 2. The van der Waals surface area contributed by atoms with Gasteiger partial charge in [0, 0.05) is 23.7 Å². The molecule has 0 unspecified atom stereocenters. The molecule has 0 aliphatic rings. The average molecular weight is 303 g/mol. The highest BCUT2D eigenvalue weighted by Crippen LogP contribution is 2.14. The number of benzene rings is 2. The molecule has 2 aromatic rings. The molecule has 0 aromatic heterocycles. The first-order chi connectivity index (χ1) is 10.1. The Kier molecular flexibility index (Phi) is 5.37. The Balaban J connectivity index is 2.07. The van der Waals surface area contributed by atoms with Gasteiger partial charge in [0.1, 0.15) is 0 Å². The minimum atomic E-state index is -0.113. The van der Waals surface area contributed by atoms with Gasteiger partial charge in [-0.3, -0.25) is 4.79 Å². The van der Waals surface area contributed by atoms with Crippen molar-refractivity contribution in [3.63, 3.8) is 0 Å². The molecule has 2 rings (SSSR count). The van der Waals surface area contributed by atoms with E-state index in [9.17, 15) is 4.79 Å². The lowest BCUT2D eigenvalue weighted by Gasteiger charge is -2.11. The van der Waals surface area contributed by atoms with Gasteiger partial charge in [0.15, 0.2) is 0 Å². The molecule has 0 heterocycles. The maximum absolute atomic E-state index is 12.2. The first kappa shape index (κ1) is 15.5. The second-order valence-electron chi connectivity index (χ2n) is 5.22. The van der Waals surface area contributed by atoms with Crippen LogP contribution in [0, 0.1) is 0 Å². The van der Waals surface area contributed by atoms with Crippen molar-refractivity contribution in [1.29, 1.82) is 0 Å². The van der Waals surface area contributed by atoms with Crippen molar-refractivity contribution in [2.45, 2.75) is 12.4 Å². The molecule has 0 fully saturated rings. The molecule has 1 amide bonds. The minimum Gasteiger partial charge on any atom is -0.322 e. The van der Waals surface area contributed by atoms with Gasteiger partial charge >= 0.3 is 0 Å². The van der Waals surface area contributed by atoms with Crippen molar-refractivity contribution in [2.75, 3.05) is 19.4 Å². The molecular formula is C17H19ClN2O. The van der Waals surface area contributed by atoms with Crippen LogP contribution in [0.5, 0.6) is 0 Å². The van der Waals surface area contributed by atoms with Gasteiger partial charge in [-0.2, -0.15) is 0 Å². The molecule has 0 radical (unpaired) electrons. The van der Waals surface area contributed by atoms with Crippen molar-refractivity contribution in [3.8, 4) is 0 Å². The molecule has 4 heteroatoms. The number of anilines is 1. The summed E-state index contributed by atoms with van der Waals surface area (Å²) in [5, 5.41) is 2.92. The van der Waals surface area contributed by atoms with Gasteiger partial charge in [0.05, 0.1) is 0 Å². The second kappa shape index (κ2) is 7.25. The number of carbonyl (C=O) groups is 1. The van der Waals surface area contributed by atoms with E-state index >= 15 is 0 Å². The van der Waals surface area contributed by atoms with Crippen LogP contribution in [-0.2, 0) is 12.4 Å². The molecule has 0 saturated heterocycles. The van der Waals surface area contributed by atoms with Crippen LogP contribution in [0.25, 0.3) is 0 Å². The van der Waals surface area contributed by atoms with Crippen LogP contribution < -0.4 is 5.32 Å². The molecule has 0 atom stereocenters. The lowest BCUT2D eigenvalue weighted by molar-refractivity contribution is 0.102. The third-order valence-corrected chi connectivity index (χ3v) is 3.36. The lowest BCUT2D eigenvalue weighted by atomic mass is 10.1. The van der Waals surface area contributed by atoms with Gasteiger partial charge in [-0.1, -0.05) is 24.3 Å². The SMILES string of the molecule is CN(C)Cc1cccc(NC(=O)c2ccc(CCl)cc2)c1. The molecule has 0 bridgehead atoms. The van der Waals surface area contributed by atoms with Crippen molar-refractivity contribution in [3.05, 3.63) is 65.2 Å². The number of nitrogens with one attached hydrogen (secondary N) is 1. The molecule has 3 nitrogen and oxygen atoms in total. The first-order valence-electron chi connectivity index (χ1n) is 6.78. The van der Waals surface area contributed by atoms with Gasteiger partial charge in [0.2, 0.25) is 0 Å². The van der Waals surface area contributed by atoms with Crippen molar-refractivity contribution >= 4 is 23.2 Å². The minimum absolute atomic E-state index is 0.113. The quantitative estimate of drug-likeness (QED) is 0.853. The molecule has 110 valence electrons. The molecule has 0 aliphatic heterocycles. The van der Waals surface area contributed by atoms with E-state index in [1.54, 1.807) is 12.1 Å². The van der Waals surface area contributed by atoms with Crippen LogP contribution in [0.15, 0.2) is 48.5 Å². The Labute approximate surface area is 130 Å². The summed E-state index contributed by atoms with van der Waals surface area (Å²) < 4.78 is 0. The molecule has 2 aromatic carbocycles.